The van der Waals surface area contributed by atoms with Crippen LogP contribution in [0.3, 0.4) is 0 Å². The molecular weight excluding hydrogens is 228 g/mol. The Morgan fingerprint density at radius 3 is 2.38 bits per heavy atom. The van der Waals surface area contributed by atoms with E-state index in [4.69, 9.17) is 5.73 Å². The van der Waals surface area contributed by atoms with Crippen molar-refractivity contribution in [3.05, 3.63) is 0 Å². The quantitative estimate of drug-likeness (QED) is 0.738. The van der Waals surface area contributed by atoms with E-state index in [9.17, 15) is 13.2 Å². The Morgan fingerprint density at radius 2 is 2.00 bits per heavy atom. The summed E-state index contributed by atoms with van der Waals surface area (Å²) in [5.41, 5.74) is 5.76. The molecule has 6 heteroatoms. The second-order valence-electron chi connectivity index (χ2n) is 4.78. The van der Waals surface area contributed by atoms with Crippen molar-refractivity contribution in [1.82, 2.24) is 4.90 Å². The standard InChI is InChI=1S/C10H20N2O3S/c1-7(2)9(11)10(13)12(3)8-4-5-16(14,15)6-8/h7-9H,4-6,11H2,1-3H3/t8?,9-/m0/s1. The molecule has 2 atom stereocenters. The fourth-order valence-electron chi connectivity index (χ4n) is 1.78. The molecule has 0 spiro atoms. The molecule has 5 nitrogen and oxygen atoms in total. The number of hydrogen-bond acceptors (Lipinski definition) is 4. The first kappa shape index (κ1) is 13.4. The molecule has 0 saturated carbocycles. The van der Waals surface area contributed by atoms with E-state index in [0.29, 0.717) is 6.42 Å². The number of carbonyl (C=O) groups excluding carboxylic acids is 1. The summed E-state index contributed by atoms with van der Waals surface area (Å²) in [4.78, 5) is 13.4. The maximum absolute atomic E-state index is 11.9. The fraction of sp³-hybridized carbons (Fsp3) is 0.900. The highest BCUT2D eigenvalue weighted by molar-refractivity contribution is 7.91. The van der Waals surface area contributed by atoms with Gasteiger partial charge in [0, 0.05) is 13.1 Å². The molecular formula is C10H20N2O3S. The van der Waals surface area contributed by atoms with Crippen LogP contribution in [0.4, 0.5) is 0 Å². The number of nitrogens with zero attached hydrogens (tertiary/aromatic N) is 1. The first-order valence-corrected chi connectivity index (χ1v) is 7.29. The predicted molar refractivity (Wildman–Crippen MR) is 62.6 cm³/mol. The van der Waals surface area contributed by atoms with Crippen LogP contribution in [-0.2, 0) is 14.6 Å². The van der Waals surface area contributed by atoms with Gasteiger partial charge in [0.15, 0.2) is 9.84 Å². The van der Waals surface area contributed by atoms with E-state index in [0.717, 1.165) is 0 Å². The van der Waals surface area contributed by atoms with Crippen molar-refractivity contribution in [2.75, 3.05) is 18.6 Å². The van der Waals surface area contributed by atoms with Gasteiger partial charge in [0.2, 0.25) is 5.91 Å². The van der Waals surface area contributed by atoms with Crippen LogP contribution in [0.15, 0.2) is 0 Å². The number of likely N-dealkylation sites (N-methyl/N-ethyl adjacent to an activating group) is 1. The van der Waals surface area contributed by atoms with E-state index < -0.39 is 15.9 Å². The number of amides is 1. The van der Waals surface area contributed by atoms with Crippen LogP contribution in [-0.4, -0.2) is 49.9 Å². The van der Waals surface area contributed by atoms with Crippen LogP contribution in [0.2, 0.25) is 0 Å². The van der Waals surface area contributed by atoms with E-state index >= 15 is 0 Å². The van der Waals surface area contributed by atoms with Gasteiger partial charge in [-0.05, 0) is 12.3 Å². The van der Waals surface area contributed by atoms with Crippen LogP contribution in [0.25, 0.3) is 0 Å². The zero-order chi connectivity index (χ0) is 12.5. The van der Waals surface area contributed by atoms with Crippen LogP contribution >= 0.6 is 0 Å². The molecule has 2 N–H and O–H groups in total. The van der Waals surface area contributed by atoms with Crippen molar-refractivity contribution >= 4 is 15.7 Å². The second-order valence-corrected chi connectivity index (χ2v) is 7.00. The highest BCUT2D eigenvalue weighted by atomic mass is 32.2. The molecule has 1 aliphatic heterocycles. The van der Waals surface area contributed by atoms with Gasteiger partial charge in [-0.3, -0.25) is 4.79 Å². The minimum atomic E-state index is -2.95. The molecule has 1 fully saturated rings. The van der Waals surface area contributed by atoms with Crippen molar-refractivity contribution in [3.63, 3.8) is 0 Å². The normalized spacial score (nSPS) is 25.7. The Labute approximate surface area is 96.9 Å². The maximum atomic E-state index is 11.9. The third kappa shape index (κ3) is 2.95. The van der Waals surface area contributed by atoms with E-state index in [1.54, 1.807) is 7.05 Å². The van der Waals surface area contributed by atoms with Crippen LogP contribution in [0, 0.1) is 5.92 Å². The molecule has 1 rings (SSSR count). The largest absolute Gasteiger partial charge is 0.340 e. The lowest BCUT2D eigenvalue weighted by molar-refractivity contribution is -0.133. The third-order valence-electron chi connectivity index (χ3n) is 3.11. The van der Waals surface area contributed by atoms with Gasteiger partial charge in [0.05, 0.1) is 17.5 Å². The van der Waals surface area contributed by atoms with Crippen molar-refractivity contribution < 1.29 is 13.2 Å². The molecule has 0 aliphatic carbocycles. The number of rotatable bonds is 3. The molecule has 1 amide bonds. The monoisotopic (exact) mass is 248 g/mol. The summed E-state index contributed by atoms with van der Waals surface area (Å²) in [5, 5.41) is 0. The first-order chi connectivity index (χ1) is 7.24. The summed E-state index contributed by atoms with van der Waals surface area (Å²) in [6.45, 7) is 3.75. The molecule has 1 heterocycles. The fourth-order valence-corrected chi connectivity index (χ4v) is 3.56. The van der Waals surface area contributed by atoms with Crippen molar-refractivity contribution in [1.29, 1.82) is 0 Å². The van der Waals surface area contributed by atoms with Gasteiger partial charge in [-0.2, -0.15) is 0 Å². The zero-order valence-corrected chi connectivity index (χ0v) is 10.8. The number of hydrogen-bond donors (Lipinski definition) is 1. The molecule has 1 aliphatic rings. The Bertz CT molecular complexity index is 364. The van der Waals surface area contributed by atoms with E-state index in [1.165, 1.54) is 4.90 Å². The molecule has 0 aromatic carbocycles. The van der Waals surface area contributed by atoms with Crippen LogP contribution < -0.4 is 5.73 Å². The Kier molecular flexibility index (Phi) is 3.96. The lowest BCUT2D eigenvalue weighted by atomic mass is 10.0. The van der Waals surface area contributed by atoms with Gasteiger partial charge in [0.25, 0.3) is 0 Å². The Morgan fingerprint density at radius 1 is 1.44 bits per heavy atom. The average molecular weight is 248 g/mol. The molecule has 94 valence electrons. The SMILES string of the molecule is CC(C)[C@H](N)C(=O)N(C)C1CCS(=O)(=O)C1. The molecule has 1 saturated heterocycles. The summed E-state index contributed by atoms with van der Waals surface area (Å²) in [6.07, 6.45) is 0.523. The third-order valence-corrected chi connectivity index (χ3v) is 4.86. The summed E-state index contributed by atoms with van der Waals surface area (Å²) in [6, 6.07) is -0.754. The van der Waals surface area contributed by atoms with Crippen LogP contribution in [0.1, 0.15) is 20.3 Å². The predicted octanol–water partition coefficient (Wildman–Crippen LogP) is -0.385. The number of nitrogens with two attached hydrogens (primary N) is 1. The van der Waals surface area contributed by atoms with Gasteiger partial charge in [-0.15, -0.1) is 0 Å². The smallest absolute Gasteiger partial charge is 0.239 e. The molecule has 0 bridgehead atoms. The average Bonchev–Trinajstić information content (AvgIpc) is 2.55. The summed E-state index contributed by atoms with van der Waals surface area (Å²) >= 11 is 0. The minimum Gasteiger partial charge on any atom is -0.340 e. The molecule has 0 aromatic heterocycles. The topological polar surface area (TPSA) is 80.5 Å². The minimum absolute atomic E-state index is 0.0629. The summed E-state index contributed by atoms with van der Waals surface area (Å²) < 4.78 is 22.6. The van der Waals surface area contributed by atoms with Gasteiger partial charge >= 0.3 is 0 Å². The van der Waals surface area contributed by atoms with Crippen molar-refractivity contribution in [2.24, 2.45) is 11.7 Å². The number of sulfone groups is 1. The van der Waals surface area contributed by atoms with Gasteiger partial charge < -0.3 is 10.6 Å². The van der Waals surface area contributed by atoms with E-state index in [2.05, 4.69) is 0 Å². The second kappa shape index (κ2) is 4.71. The Balaban J connectivity index is 2.66. The van der Waals surface area contributed by atoms with Crippen molar-refractivity contribution in [3.8, 4) is 0 Å². The van der Waals surface area contributed by atoms with Gasteiger partial charge in [-0.1, -0.05) is 13.8 Å². The molecule has 1 unspecified atom stereocenters. The maximum Gasteiger partial charge on any atom is 0.239 e. The highest BCUT2D eigenvalue weighted by Gasteiger charge is 2.34. The summed E-state index contributed by atoms with van der Waals surface area (Å²) in [5.74, 6) is 0.136. The lowest BCUT2D eigenvalue weighted by Gasteiger charge is -2.27. The van der Waals surface area contributed by atoms with Gasteiger partial charge in [-0.25, -0.2) is 8.42 Å². The van der Waals surface area contributed by atoms with Crippen molar-refractivity contribution in [2.45, 2.75) is 32.4 Å². The first-order valence-electron chi connectivity index (χ1n) is 5.47. The molecule has 16 heavy (non-hydrogen) atoms. The molecule has 0 aromatic rings. The van der Waals surface area contributed by atoms with E-state index in [-0.39, 0.29) is 29.4 Å². The summed E-state index contributed by atoms with van der Waals surface area (Å²) in [7, 11) is -1.32. The Hall–Kier alpha value is -0.620. The van der Waals surface area contributed by atoms with E-state index in [1.807, 2.05) is 13.8 Å². The zero-order valence-electron chi connectivity index (χ0n) is 10.0. The van der Waals surface area contributed by atoms with Gasteiger partial charge in [0.1, 0.15) is 0 Å². The molecule has 0 radical (unpaired) electrons. The lowest BCUT2D eigenvalue weighted by Crippen LogP contribution is -2.49. The van der Waals surface area contributed by atoms with Crippen LogP contribution in [0.5, 0.6) is 0 Å². The highest BCUT2D eigenvalue weighted by Crippen LogP contribution is 2.17. The number of carbonyl (C=O) groups is 1.